The summed E-state index contributed by atoms with van der Waals surface area (Å²) < 4.78 is 21.5. The minimum atomic E-state index is -1.56. The molecule has 9 atom stereocenters. The molecule has 2 heterocycles. The molecule has 2 aliphatic rings. The van der Waals surface area contributed by atoms with E-state index < -0.39 is 36.3 Å². The first-order chi connectivity index (χ1) is 28.2. The van der Waals surface area contributed by atoms with Gasteiger partial charge in [0.1, 0.15) is 11.9 Å². The molecule has 14 heteroatoms. The second-order valence-corrected chi connectivity index (χ2v) is 16.6. The Bertz CT molecular complexity index is 1760. The van der Waals surface area contributed by atoms with Gasteiger partial charge in [0.15, 0.2) is 0 Å². The monoisotopic (exact) mass is 840 g/mol. The summed E-state index contributed by atoms with van der Waals surface area (Å²) in [4.78, 5) is 37.7. The highest BCUT2D eigenvalue weighted by Crippen LogP contribution is 2.44. The van der Waals surface area contributed by atoms with E-state index in [-0.39, 0.29) is 49.0 Å². The SMILES string of the molecule is COC(=O)CCCC1=CC(Cc2ccc(C3OC3C(C)CC/C=C/C(O)C[C@H](Cc3ccc(OC)c(Cl)c3)C(=O)NCC(C)C(=O)OC(CC(C)C)C(O)[OH2+])cc2)N=N1. The minimum Gasteiger partial charge on any atom is -0.495 e. The fourth-order valence-electron chi connectivity index (χ4n) is 7.10. The molecular weight excluding hydrogens is 778 g/mol. The number of halogens is 1. The molecule has 59 heavy (non-hydrogen) atoms. The molecule has 2 aromatic rings. The fraction of sp³-hybridized carbons (Fsp3) is 0.578. The van der Waals surface area contributed by atoms with Crippen molar-refractivity contribution in [2.24, 2.45) is 33.9 Å². The smallest absolute Gasteiger partial charge is 0.311 e. The van der Waals surface area contributed by atoms with E-state index >= 15 is 0 Å². The van der Waals surface area contributed by atoms with Crippen LogP contribution in [-0.4, -0.2) is 84.6 Å². The molecule has 5 N–H and O–H groups in total. The van der Waals surface area contributed by atoms with Crippen LogP contribution >= 0.6 is 11.6 Å². The van der Waals surface area contributed by atoms with Crippen molar-refractivity contribution >= 4 is 29.4 Å². The summed E-state index contributed by atoms with van der Waals surface area (Å²) in [6, 6.07) is 13.7. The number of carbonyl (C=O) groups excluding carboxylic acids is 3. The van der Waals surface area contributed by atoms with E-state index in [9.17, 15) is 24.6 Å². The lowest BCUT2D eigenvalue weighted by atomic mass is 9.92. The maximum absolute atomic E-state index is 13.5. The third-order valence-electron chi connectivity index (χ3n) is 10.7. The van der Waals surface area contributed by atoms with Crippen LogP contribution in [0.5, 0.6) is 5.75 Å². The van der Waals surface area contributed by atoms with E-state index in [0.717, 1.165) is 36.1 Å². The van der Waals surface area contributed by atoms with Crippen molar-refractivity contribution in [1.29, 1.82) is 0 Å². The third-order valence-corrected chi connectivity index (χ3v) is 10.9. The largest absolute Gasteiger partial charge is 0.495 e. The summed E-state index contributed by atoms with van der Waals surface area (Å²) >= 11 is 6.38. The molecule has 0 radical (unpaired) electrons. The van der Waals surface area contributed by atoms with Crippen LogP contribution in [0, 0.1) is 23.7 Å². The number of allylic oxidation sites excluding steroid dienone is 2. The highest BCUT2D eigenvalue weighted by molar-refractivity contribution is 6.32. The maximum Gasteiger partial charge on any atom is 0.311 e. The number of methoxy groups -OCH3 is 2. The van der Waals surface area contributed by atoms with E-state index in [1.54, 1.807) is 25.1 Å². The van der Waals surface area contributed by atoms with Crippen LogP contribution in [-0.2, 0) is 41.4 Å². The number of hydrogen-bond donors (Lipinski definition) is 3. The number of esters is 2. The molecule has 1 amide bonds. The molecule has 4 rings (SSSR count). The van der Waals surface area contributed by atoms with E-state index in [4.69, 9.17) is 35.7 Å². The predicted molar refractivity (Wildman–Crippen MR) is 225 cm³/mol. The van der Waals surface area contributed by atoms with E-state index in [2.05, 4.69) is 52.8 Å². The summed E-state index contributed by atoms with van der Waals surface area (Å²) in [6.07, 6.45) is 7.37. The third kappa shape index (κ3) is 15.8. The number of rotatable bonds is 25. The van der Waals surface area contributed by atoms with Crippen LogP contribution in [0.4, 0.5) is 0 Å². The zero-order valence-corrected chi connectivity index (χ0v) is 35.9. The van der Waals surface area contributed by atoms with E-state index in [1.807, 2.05) is 26.0 Å². The zero-order chi connectivity index (χ0) is 43.1. The van der Waals surface area contributed by atoms with Gasteiger partial charge in [0.2, 0.25) is 12.0 Å². The number of amides is 1. The number of hydrogen-bond acceptors (Lipinski definition) is 11. The molecule has 2 aliphatic heterocycles. The van der Waals surface area contributed by atoms with Crippen LogP contribution in [0.15, 0.2) is 76.6 Å². The van der Waals surface area contributed by atoms with Crippen LogP contribution in [0.2, 0.25) is 5.02 Å². The lowest BCUT2D eigenvalue weighted by molar-refractivity contribution is -0.181. The van der Waals surface area contributed by atoms with Crippen molar-refractivity contribution in [3.8, 4) is 5.75 Å². The number of nitrogens with zero attached hydrogens (tertiary/aromatic N) is 2. The molecule has 0 aromatic heterocycles. The van der Waals surface area contributed by atoms with Crippen molar-refractivity contribution in [2.45, 2.75) is 122 Å². The summed E-state index contributed by atoms with van der Waals surface area (Å²) in [5.74, 6) is -1.60. The first-order valence-electron chi connectivity index (χ1n) is 20.6. The van der Waals surface area contributed by atoms with Gasteiger partial charge in [-0.1, -0.05) is 81.8 Å². The Morgan fingerprint density at radius 2 is 1.76 bits per heavy atom. The minimum absolute atomic E-state index is 0.00696. The lowest BCUT2D eigenvalue weighted by Crippen LogP contribution is -2.40. The second-order valence-electron chi connectivity index (χ2n) is 16.2. The van der Waals surface area contributed by atoms with Gasteiger partial charge in [-0.15, -0.1) is 0 Å². The van der Waals surface area contributed by atoms with Crippen LogP contribution in [0.1, 0.15) is 95.4 Å². The van der Waals surface area contributed by atoms with Gasteiger partial charge >= 0.3 is 11.9 Å². The topological polar surface area (TPSA) is 192 Å². The molecule has 1 fully saturated rings. The summed E-state index contributed by atoms with van der Waals surface area (Å²) in [5, 5.41) is 40.4. The highest BCUT2D eigenvalue weighted by atomic mass is 35.5. The van der Waals surface area contributed by atoms with Crippen molar-refractivity contribution in [3.63, 3.8) is 0 Å². The van der Waals surface area contributed by atoms with Crippen LogP contribution in [0.3, 0.4) is 0 Å². The van der Waals surface area contributed by atoms with Gasteiger partial charge in [0.25, 0.3) is 6.29 Å². The normalized spacial score (nSPS) is 20.4. The second kappa shape index (κ2) is 23.6. The standard InChI is InChI=1S/C45H62ClN3O10/c1-27(2)20-39(44(53)54)58-45(55)29(4)26-47-43(52)33(21-31-16-19-38(56-5)37(46)23-31)24-36(50)12-8-7-10-28(3)41-42(59-41)32-17-14-30(15-18-32)22-35-25-34(48-49-35)11-9-13-40(51)57-6/h8,12,14-19,23,25,27-29,33,35-36,39,41-42,44,50,53-54H,7,9-11,13,20-22,24,26H2,1-6H3,(H,47,52)/p+1/b12-8+/t28?,29?,33-,35?,36?,39?,41?,42?/m0/s1. The summed E-state index contributed by atoms with van der Waals surface area (Å²) in [6.45, 7) is 7.60. The average molecular weight is 841 g/mol. The van der Waals surface area contributed by atoms with Gasteiger partial charge in [-0.05, 0) is 91.7 Å². The van der Waals surface area contributed by atoms with Gasteiger partial charge in [-0.2, -0.15) is 10.2 Å². The van der Waals surface area contributed by atoms with Crippen molar-refractivity contribution < 1.29 is 48.7 Å². The van der Waals surface area contributed by atoms with Crippen molar-refractivity contribution in [2.75, 3.05) is 20.8 Å². The molecular formula is C45H63ClN3O10+. The Kier molecular flexibility index (Phi) is 19.0. The molecule has 0 saturated carbocycles. The van der Waals surface area contributed by atoms with Crippen molar-refractivity contribution in [3.05, 3.63) is 88.1 Å². The zero-order valence-electron chi connectivity index (χ0n) is 35.1. The Hall–Kier alpha value is -4.14. The highest BCUT2D eigenvalue weighted by Gasteiger charge is 2.43. The van der Waals surface area contributed by atoms with Gasteiger partial charge in [-0.25, -0.2) is 0 Å². The molecule has 8 unspecified atom stereocenters. The van der Waals surface area contributed by atoms with Gasteiger partial charge in [0.05, 0.1) is 49.1 Å². The Morgan fingerprint density at radius 3 is 2.42 bits per heavy atom. The first kappa shape index (κ1) is 47.5. The molecule has 0 bridgehead atoms. The number of azo groups is 1. The number of aliphatic hydroxyl groups excluding tert-OH is 2. The molecule has 1 saturated heterocycles. The number of carbonyl (C=O) groups is 3. The Balaban J connectivity index is 1.24. The lowest BCUT2D eigenvalue weighted by Gasteiger charge is -2.22. The molecule has 0 spiro atoms. The van der Waals surface area contributed by atoms with Gasteiger partial charge < -0.3 is 39.6 Å². The number of aliphatic hydroxyl groups is 2. The van der Waals surface area contributed by atoms with Gasteiger partial charge in [-0.3, -0.25) is 14.4 Å². The molecule has 2 aromatic carbocycles. The molecule has 0 aliphatic carbocycles. The summed E-state index contributed by atoms with van der Waals surface area (Å²) in [7, 11) is 2.92. The quantitative estimate of drug-likeness (QED) is 0.0320. The average Bonchev–Trinajstić information content (AvgIpc) is 3.89. The van der Waals surface area contributed by atoms with Crippen LogP contribution < -0.4 is 10.1 Å². The number of epoxide rings is 1. The van der Waals surface area contributed by atoms with Crippen molar-refractivity contribution in [1.82, 2.24) is 5.32 Å². The number of benzene rings is 2. The van der Waals surface area contributed by atoms with E-state index in [1.165, 1.54) is 19.8 Å². The van der Waals surface area contributed by atoms with E-state index in [0.29, 0.717) is 48.8 Å². The van der Waals surface area contributed by atoms with Crippen LogP contribution in [0.25, 0.3) is 0 Å². The molecule has 13 nitrogen and oxygen atoms in total. The Morgan fingerprint density at radius 1 is 1.03 bits per heavy atom. The van der Waals surface area contributed by atoms with Gasteiger partial charge in [0, 0.05) is 25.3 Å². The Labute approximate surface area is 353 Å². The maximum atomic E-state index is 13.5. The number of nitrogens with one attached hydrogen (secondary N) is 1. The number of ether oxygens (including phenoxy) is 4. The predicted octanol–water partition coefficient (Wildman–Crippen LogP) is 6.73. The molecule has 324 valence electrons. The summed E-state index contributed by atoms with van der Waals surface area (Å²) in [5.41, 5.74) is 4.01. The first-order valence-corrected chi connectivity index (χ1v) is 21.0. The fourth-order valence-corrected chi connectivity index (χ4v) is 7.38.